The highest BCUT2D eigenvalue weighted by atomic mass is 16.5. The fourth-order valence-electron chi connectivity index (χ4n) is 10.5. The first-order valence-corrected chi connectivity index (χ1v) is 22.2. The van der Waals surface area contributed by atoms with E-state index in [1.807, 2.05) is 44.7 Å². The van der Waals surface area contributed by atoms with E-state index in [-0.39, 0.29) is 59.1 Å². The van der Waals surface area contributed by atoms with Gasteiger partial charge in [-0.3, -0.25) is 14.4 Å². The number of hydrogen-bond donors (Lipinski definition) is 3. The van der Waals surface area contributed by atoms with Gasteiger partial charge in [0.1, 0.15) is 29.2 Å². The summed E-state index contributed by atoms with van der Waals surface area (Å²) in [5, 5.41) is 2.72. The van der Waals surface area contributed by atoms with E-state index >= 15 is 0 Å². The number of aromatic amines is 2. The summed E-state index contributed by atoms with van der Waals surface area (Å²) in [6.45, 7) is 8.57. The number of likely N-dealkylation sites (tertiary alicyclic amines) is 2. The highest BCUT2D eigenvalue weighted by Gasteiger charge is 2.45. The molecule has 3 fully saturated rings. The highest BCUT2D eigenvalue weighted by molar-refractivity contribution is 6.40. The van der Waals surface area contributed by atoms with Crippen molar-refractivity contribution in [1.82, 2.24) is 35.1 Å². The van der Waals surface area contributed by atoms with E-state index < -0.39 is 18.2 Å². The number of methoxy groups -OCH3 is 2. The number of imidazole rings is 2. The van der Waals surface area contributed by atoms with Gasteiger partial charge in [0.05, 0.1) is 48.4 Å². The molecule has 0 radical (unpaired) electrons. The largest absolute Gasteiger partial charge is 0.453 e. The maximum Gasteiger partial charge on any atom is 0.433 e. The summed E-state index contributed by atoms with van der Waals surface area (Å²) in [4.78, 5) is 89.9. The Kier molecular flexibility index (Phi) is 11.1. The summed E-state index contributed by atoms with van der Waals surface area (Å²) in [5.41, 5.74) is 9.86. The van der Waals surface area contributed by atoms with Crippen LogP contribution in [0.3, 0.4) is 0 Å². The number of carbonyl (C=O) groups is 5. The van der Waals surface area contributed by atoms with Gasteiger partial charge in [-0.1, -0.05) is 52.0 Å². The molecule has 3 N–H and O–H groups in total. The van der Waals surface area contributed by atoms with Crippen LogP contribution >= 0.6 is 0 Å². The first kappa shape index (κ1) is 41.9. The van der Waals surface area contributed by atoms with Crippen molar-refractivity contribution in [1.29, 1.82) is 0 Å². The molecule has 2 aromatic heterocycles. The second-order valence-electron chi connectivity index (χ2n) is 18.0. The van der Waals surface area contributed by atoms with Crippen molar-refractivity contribution in [3.05, 3.63) is 71.3 Å². The number of aromatic nitrogens is 4. The SMILES string of the molecule is COC(=O)N=C(C(=O)N1CCCC1c1nc2ccc(-c3ccc(-c4ccc5nc(C6CCCN6C(=O)C(NC(=O)OC)C(C)C)[nH]c5c4)c4c3C3C(=O)CCC3C4)cc2[nH]1)C(C)C. The first-order valence-electron chi connectivity index (χ1n) is 22.2. The third-order valence-electron chi connectivity index (χ3n) is 13.6. The van der Waals surface area contributed by atoms with Crippen molar-refractivity contribution in [2.24, 2.45) is 22.7 Å². The maximum absolute atomic E-state index is 13.8. The molecule has 4 aliphatic rings. The number of ketones is 1. The van der Waals surface area contributed by atoms with E-state index in [2.05, 4.69) is 56.7 Å². The van der Waals surface area contributed by atoms with Crippen molar-refractivity contribution >= 4 is 57.6 Å². The zero-order valence-electron chi connectivity index (χ0n) is 36.6. The summed E-state index contributed by atoms with van der Waals surface area (Å²) < 4.78 is 9.54. The van der Waals surface area contributed by atoms with Gasteiger partial charge >= 0.3 is 12.2 Å². The zero-order chi connectivity index (χ0) is 44.3. The van der Waals surface area contributed by atoms with Crippen LogP contribution in [-0.4, -0.2) is 98.6 Å². The molecule has 0 bridgehead atoms. The maximum atomic E-state index is 13.8. The zero-order valence-corrected chi connectivity index (χ0v) is 36.6. The lowest BCUT2D eigenvalue weighted by Gasteiger charge is -2.29. The van der Waals surface area contributed by atoms with Gasteiger partial charge in [0.2, 0.25) is 5.91 Å². The Balaban J connectivity index is 1.03. The molecule has 2 aliphatic carbocycles. The number of nitrogens with one attached hydrogen (secondary N) is 3. The van der Waals surface area contributed by atoms with E-state index in [9.17, 15) is 24.0 Å². The number of H-pyrrole nitrogens is 2. The van der Waals surface area contributed by atoms with E-state index in [1.165, 1.54) is 19.8 Å². The van der Waals surface area contributed by atoms with E-state index in [4.69, 9.17) is 19.4 Å². The summed E-state index contributed by atoms with van der Waals surface area (Å²) in [6, 6.07) is 15.4. The third-order valence-corrected chi connectivity index (χ3v) is 13.6. The lowest BCUT2D eigenvalue weighted by atomic mass is 9.86. The Morgan fingerprint density at radius 2 is 1.40 bits per heavy atom. The number of ether oxygens (including phenoxy) is 2. The van der Waals surface area contributed by atoms with Crippen molar-refractivity contribution in [3.8, 4) is 22.3 Å². The molecule has 5 atom stereocenters. The van der Waals surface area contributed by atoms with Crippen LogP contribution in [0.2, 0.25) is 0 Å². The molecular weight excluding hydrogens is 801 g/mol. The van der Waals surface area contributed by atoms with Gasteiger partial charge in [-0.2, -0.15) is 4.99 Å². The summed E-state index contributed by atoms with van der Waals surface area (Å²) in [6.07, 6.45) is 3.93. The highest BCUT2D eigenvalue weighted by Crippen LogP contribution is 2.52. The summed E-state index contributed by atoms with van der Waals surface area (Å²) >= 11 is 0. The van der Waals surface area contributed by atoms with Crippen molar-refractivity contribution in [2.45, 2.75) is 96.7 Å². The Labute approximate surface area is 365 Å². The van der Waals surface area contributed by atoms with Crippen LogP contribution in [0.25, 0.3) is 44.3 Å². The fourth-order valence-corrected chi connectivity index (χ4v) is 10.5. The lowest BCUT2D eigenvalue weighted by Crippen LogP contribution is -2.51. The summed E-state index contributed by atoms with van der Waals surface area (Å²) in [5.74, 6) is 0.910. The van der Waals surface area contributed by atoms with E-state index in [0.29, 0.717) is 31.2 Å². The fraction of sp³-hybridized carbons (Fsp3) is 0.458. The predicted molar refractivity (Wildman–Crippen MR) is 237 cm³/mol. The minimum atomic E-state index is -0.798. The Morgan fingerprint density at radius 1 is 0.794 bits per heavy atom. The topological polar surface area (TPSA) is 192 Å². The second kappa shape index (κ2) is 16.7. The van der Waals surface area contributed by atoms with Crippen LogP contribution in [-0.2, 0) is 30.3 Å². The normalized spacial score (nSPS) is 21.5. The molecule has 4 amide bonds. The third kappa shape index (κ3) is 7.54. The Hall–Kier alpha value is -6.38. The number of rotatable bonds is 9. The average molecular weight is 855 g/mol. The minimum absolute atomic E-state index is 0.131. The van der Waals surface area contributed by atoms with Crippen molar-refractivity contribution in [3.63, 3.8) is 0 Å². The molecule has 2 saturated heterocycles. The predicted octanol–water partition coefficient (Wildman–Crippen LogP) is 7.96. The molecule has 0 spiro atoms. The molecule has 63 heavy (non-hydrogen) atoms. The molecule has 5 unspecified atom stereocenters. The minimum Gasteiger partial charge on any atom is -0.453 e. The molecule has 9 rings (SSSR count). The molecule has 4 heterocycles. The number of carbonyl (C=O) groups excluding carboxylic acids is 5. The number of nitrogens with zero attached hydrogens (tertiary/aromatic N) is 5. The van der Waals surface area contributed by atoms with Gasteiger partial charge in [0, 0.05) is 31.3 Å². The van der Waals surface area contributed by atoms with Gasteiger partial charge in [-0.05, 0) is 108 Å². The Bertz CT molecular complexity index is 2700. The van der Waals surface area contributed by atoms with Crippen molar-refractivity contribution < 1.29 is 33.4 Å². The molecule has 2 aliphatic heterocycles. The molecule has 15 nitrogen and oxygen atoms in total. The molecular formula is C48H54N8O7. The summed E-state index contributed by atoms with van der Waals surface area (Å²) in [7, 11) is 2.54. The van der Waals surface area contributed by atoms with Crippen LogP contribution in [0.5, 0.6) is 0 Å². The number of benzene rings is 3. The van der Waals surface area contributed by atoms with E-state index in [1.54, 1.807) is 4.90 Å². The van der Waals surface area contributed by atoms with Crippen LogP contribution in [0.15, 0.2) is 53.5 Å². The number of hydrogen-bond acceptors (Lipinski definition) is 9. The van der Waals surface area contributed by atoms with Crippen LogP contribution < -0.4 is 5.32 Å². The monoisotopic (exact) mass is 854 g/mol. The van der Waals surface area contributed by atoms with Crippen LogP contribution in [0.1, 0.15) is 107 Å². The smallest absolute Gasteiger partial charge is 0.433 e. The molecule has 1 saturated carbocycles. The van der Waals surface area contributed by atoms with Crippen LogP contribution in [0.4, 0.5) is 9.59 Å². The molecule has 3 aromatic carbocycles. The van der Waals surface area contributed by atoms with Crippen molar-refractivity contribution in [2.75, 3.05) is 27.3 Å². The van der Waals surface area contributed by atoms with Crippen LogP contribution in [0, 0.1) is 17.8 Å². The number of fused-ring (bicyclic) bond motifs is 5. The van der Waals surface area contributed by atoms with Gasteiger partial charge in [-0.15, -0.1) is 0 Å². The van der Waals surface area contributed by atoms with Gasteiger partial charge in [0.15, 0.2) is 0 Å². The lowest BCUT2D eigenvalue weighted by molar-refractivity contribution is -0.135. The quantitative estimate of drug-likeness (QED) is 0.123. The molecule has 5 aromatic rings. The van der Waals surface area contributed by atoms with Gasteiger partial charge < -0.3 is 34.6 Å². The number of alkyl carbamates (subject to hydrolysis) is 1. The average Bonchev–Trinajstić information content (AvgIpc) is 4.14. The van der Waals surface area contributed by atoms with Gasteiger partial charge in [0.25, 0.3) is 5.91 Å². The van der Waals surface area contributed by atoms with E-state index in [0.717, 1.165) is 88.4 Å². The molecule has 328 valence electrons. The van der Waals surface area contributed by atoms with Gasteiger partial charge in [-0.25, -0.2) is 19.6 Å². The number of amides is 4. The standard InChI is InChI=1S/C48H54N8O7/c1-24(2)41(53-47(60)62-5)45(58)55-19-7-9-36(55)43-49-32-16-11-26(22-34(32)51-43)29-14-15-30(40-31(29)21-28-13-18-38(57)39(28)40)27-12-17-33-35(23-27)52-44(50-33)37-10-8-20-56(37)46(59)42(25(3)4)54-48(61)63-6/h11-12,14-17,22-25,28,36-37,39,41H,7-10,13,18-21H2,1-6H3,(H,49,51)(H,50,52)(H,53,60). The first-order chi connectivity index (χ1) is 30.3. The second-order valence-corrected chi connectivity index (χ2v) is 18.0. The number of aliphatic imine (C=N–C) groups is 1. The molecule has 15 heteroatoms. The Morgan fingerprint density at radius 3 is 2.00 bits per heavy atom. The number of Topliss-reactive ketones (excluding diaryl/α,β-unsaturated/α-hetero) is 1.